The van der Waals surface area contributed by atoms with Gasteiger partial charge in [-0.2, -0.15) is 5.10 Å². The van der Waals surface area contributed by atoms with Crippen molar-refractivity contribution in [3.63, 3.8) is 0 Å². The maximum atomic E-state index is 11.8. The summed E-state index contributed by atoms with van der Waals surface area (Å²) in [4.78, 5) is 27.1. The molecule has 0 aliphatic rings. The normalized spacial score (nSPS) is 10.5. The number of ketones is 1. The summed E-state index contributed by atoms with van der Waals surface area (Å²) in [5.74, 6) is -1.55. The smallest absolute Gasteiger partial charge is 0.379 e. The molecule has 0 aliphatic heterocycles. The standard InChI is InChI=1S/C15H11N3O3/c1-21-15(20)14(19)10-4-5-13-11(7-10)9-18(17-13)12-3-2-6-16-8-12/h2-9H,1H3. The van der Waals surface area contributed by atoms with Crippen LogP contribution in [0.15, 0.2) is 48.9 Å². The molecule has 2 heterocycles. The van der Waals surface area contributed by atoms with Crippen LogP contribution < -0.4 is 0 Å². The van der Waals surface area contributed by atoms with Gasteiger partial charge in [0.25, 0.3) is 5.78 Å². The van der Waals surface area contributed by atoms with Crippen molar-refractivity contribution >= 4 is 22.7 Å². The predicted octanol–water partition coefficient (Wildman–Crippen LogP) is 1.78. The Morgan fingerprint density at radius 1 is 1.24 bits per heavy atom. The molecule has 0 bridgehead atoms. The lowest BCUT2D eigenvalue weighted by atomic mass is 10.1. The van der Waals surface area contributed by atoms with Gasteiger partial charge >= 0.3 is 5.97 Å². The molecule has 104 valence electrons. The topological polar surface area (TPSA) is 74.1 Å². The number of nitrogens with zero attached hydrogens (tertiary/aromatic N) is 3. The van der Waals surface area contributed by atoms with Gasteiger partial charge in [0.2, 0.25) is 0 Å². The van der Waals surface area contributed by atoms with Gasteiger partial charge in [0.15, 0.2) is 0 Å². The third-order valence-corrected chi connectivity index (χ3v) is 3.05. The van der Waals surface area contributed by atoms with Crippen LogP contribution in [-0.4, -0.2) is 33.6 Å². The SMILES string of the molecule is COC(=O)C(=O)c1ccc2nn(-c3cccnc3)cc2c1. The van der Waals surface area contributed by atoms with Crippen molar-refractivity contribution in [2.75, 3.05) is 7.11 Å². The summed E-state index contributed by atoms with van der Waals surface area (Å²) in [7, 11) is 1.18. The predicted molar refractivity (Wildman–Crippen MR) is 75.2 cm³/mol. The summed E-state index contributed by atoms with van der Waals surface area (Å²) in [6, 6.07) is 8.56. The van der Waals surface area contributed by atoms with E-state index in [-0.39, 0.29) is 5.56 Å². The van der Waals surface area contributed by atoms with Gasteiger partial charge in [-0.15, -0.1) is 0 Å². The third kappa shape index (κ3) is 2.38. The Bertz CT molecular complexity index is 825. The lowest BCUT2D eigenvalue weighted by Crippen LogP contribution is -2.15. The van der Waals surface area contributed by atoms with Crippen LogP contribution in [-0.2, 0) is 9.53 Å². The van der Waals surface area contributed by atoms with Crippen LogP contribution >= 0.6 is 0 Å². The third-order valence-electron chi connectivity index (χ3n) is 3.05. The summed E-state index contributed by atoms with van der Waals surface area (Å²) in [6.45, 7) is 0. The average molecular weight is 281 g/mol. The molecule has 0 amide bonds. The fraction of sp³-hybridized carbons (Fsp3) is 0.0667. The molecular weight excluding hydrogens is 270 g/mol. The number of ether oxygens (including phenoxy) is 1. The van der Waals surface area contributed by atoms with Gasteiger partial charge in [-0.3, -0.25) is 9.78 Å². The minimum absolute atomic E-state index is 0.278. The maximum Gasteiger partial charge on any atom is 0.379 e. The summed E-state index contributed by atoms with van der Waals surface area (Å²) < 4.78 is 6.11. The largest absolute Gasteiger partial charge is 0.463 e. The molecule has 0 saturated carbocycles. The highest BCUT2D eigenvalue weighted by molar-refractivity contribution is 6.40. The van der Waals surface area contributed by atoms with E-state index in [0.717, 1.165) is 16.6 Å². The monoisotopic (exact) mass is 281 g/mol. The quantitative estimate of drug-likeness (QED) is 0.415. The lowest BCUT2D eigenvalue weighted by Gasteiger charge is -1.98. The first-order valence-corrected chi connectivity index (χ1v) is 6.21. The van der Waals surface area contributed by atoms with Crippen molar-refractivity contribution in [1.29, 1.82) is 0 Å². The highest BCUT2D eigenvalue weighted by atomic mass is 16.5. The second-order valence-corrected chi connectivity index (χ2v) is 4.38. The van der Waals surface area contributed by atoms with Gasteiger partial charge in [-0.1, -0.05) is 0 Å². The zero-order valence-corrected chi connectivity index (χ0v) is 11.2. The second-order valence-electron chi connectivity index (χ2n) is 4.38. The van der Waals surface area contributed by atoms with Crippen molar-refractivity contribution in [2.24, 2.45) is 0 Å². The van der Waals surface area contributed by atoms with Crippen LogP contribution in [0.1, 0.15) is 10.4 Å². The van der Waals surface area contributed by atoms with E-state index in [0.29, 0.717) is 0 Å². The number of pyridine rings is 1. The van der Waals surface area contributed by atoms with Crippen molar-refractivity contribution < 1.29 is 14.3 Å². The number of benzene rings is 1. The molecule has 21 heavy (non-hydrogen) atoms. The summed E-state index contributed by atoms with van der Waals surface area (Å²) in [6.07, 6.45) is 5.15. The minimum Gasteiger partial charge on any atom is -0.463 e. The number of fused-ring (bicyclic) bond motifs is 1. The molecule has 0 N–H and O–H groups in total. The van der Waals surface area contributed by atoms with E-state index in [9.17, 15) is 9.59 Å². The molecule has 2 aromatic heterocycles. The molecule has 0 aliphatic carbocycles. The van der Waals surface area contributed by atoms with E-state index in [2.05, 4.69) is 14.8 Å². The first-order valence-electron chi connectivity index (χ1n) is 6.21. The van der Waals surface area contributed by atoms with E-state index >= 15 is 0 Å². The molecule has 0 atom stereocenters. The van der Waals surface area contributed by atoms with E-state index in [1.807, 2.05) is 12.1 Å². The van der Waals surface area contributed by atoms with Crippen molar-refractivity contribution in [3.8, 4) is 5.69 Å². The Morgan fingerprint density at radius 2 is 2.10 bits per heavy atom. The van der Waals surface area contributed by atoms with Crippen LogP contribution in [0.25, 0.3) is 16.6 Å². The van der Waals surface area contributed by atoms with E-state index in [4.69, 9.17) is 0 Å². The number of hydrogen-bond donors (Lipinski definition) is 0. The number of hydrogen-bond acceptors (Lipinski definition) is 5. The number of rotatable bonds is 3. The minimum atomic E-state index is -0.881. The van der Waals surface area contributed by atoms with Gasteiger partial charge in [-0.25, -0.2) is 9.48 Å². The first-order chi connectivity index (χ1) is 10.2. The Labute approximate surface area is 120 Å². The number of aromatic nitrogens is 3. The first kappa shape index (κ1) is 13.0. The molecule has 3 rings (SSSR count). The molecule has 6 nitrogen and oxygen atoms in total. The molecule has 1 aromatic carbocycles. The van der Waals surface area contributed by atoms with Crippen LogP contribution in [0.5, 0.6) is 0 Å². The molecule has 6 heteroatoms. The van der Waals surface area contributed by atoms with Crippen molar-refractivity contribution in [1.82, 2.24) is 14.8 Å². The molecular formula is C15H11N3O3. The Kier molecular flexibility index (Phi) is 3.19. The number of methoxy groups -OCH3 is 1. The zero-order chi connectivity index (χ0) is 14.8. The van der Waals surface area contributed by atoms with E-state index in [1.54, 1.807) is 41.5 Å². The van der Waals surface area contributed by atoms with Crippen LogP contribution in [0.2, 0.25) is 0 Å². The molecule has 3 aromatic rings. The Morgan fingerprint density at radius 3 is 2.81 bits per heavy atom. The van der Waals surface area contributed by atoms with Gasteiger partial charge in [0.1, 0.15) is 0 Å². The van der Waals surface area contributed by atoms with Gasteiger partial charge in [0.05, 0.1) is 24.5 Å². The van der Waals surface area contributed by atoms with E-state index in [1.165, 1.54) is 7.11 Å². The summed E-state index contributed by atoms with van der Waals surface area (Å²) in [5.41, 5.74) is 1.81. The summed E-state index contributed by atoms with van der Waals surface area (Å²) >= 11 is 0. The Balaban J connectivity index is 2.03. The van der Waals surface area contributed by atoms with Gasteiger partial charge in [-0.05, 0) is 30.3 Å². The molecule has 0 fully saturated rings. The molecule has 0 spiro atoms. The van der Waals surface area contributed by atoms with Crippen LogP contribution in [0.4, 0.5) is 0 Å². The van der Waals surface area contributed by atoms with Crippen LogP contribution in [0.3, 0.4) is 0 Å². The van der Waals surface area contributed by atoms with Gasteiger partial charge < -0.3 is 4.74 Å². The van der Waals surface area contributed by atoms with Crippen molar-refractivity contribution in [3.05, 3.63) is 54.5 Å². The highest BCUT2D eigenvalue weighted by Gasteiger charge is 2.17. The average Bonchev–Trinajstić information content (AvgIpc) is 2.97. The highest BCUT2D eigenvalue weighted by Crippen LogP contribution is 2.17. The summed E-state index contributed by atoms with van der Waals surface area (Å²) in [5, 5.41) is 5.16. The maximum absolute atomic E-state index is 11.8. The second kappa shape index (κ2) is 5.16. The van der Waals surface area contributed by atoms with Crippen molar-refractivity contribution in [2.45, 2.75) is 0 Å². The fourth-order valence-electron chi connectivity index (χ4n) is 2.00. The number of esters is 1. The molecule has 0 radical (unpaired) electrons. The van der Waals surface area contributed by atoms with E-state index < -0.39 is 11.8 Å². The van der Waals surface area contributed by atoms with Gasteiger partial charge in [0, 0.05) is 23.3 Å². The number of Topliss-reactive ketones (excluding diaryl/α,β-unsaturated/α-hetero) is 1. The fourth-order valence-corrected chi connectivity index (χ4v) is 2.00. The Hall–Kier alpha value is -3.02. The number of carbonyl (C=O) groups is 2. The molecule has 0 unspecified atom stereocenters. The number of carbonyl (C=O) groups excluding carboxylic acids is 2. The molecule has 0 saturated heterocycles. The van der Waals surface area contributed by atoms with Crippen LogP contribution in [0, 0.1) is 0 Å². The lowest BCUT2D eigenvalue weighted by molar-refractivity contribution is -0.135. The zero-order valence-electron chi connectivity index (χ0n) is 11.2.